The van der Waals surface area contributed by atoms with Crippen LogP contribution >= 0.6 is 0 Å². The number of piperidine rings is 1. The van der Waals surface area contributed by atoms with Crippen molar-refractivity contribution in [2.24, 2.45) is 5.92 Å². The van der Waals surface area contributed by atoms with Gasteiger partial charge in [0.1, 0.15) is 24.4 Å². The number of benzene rings is 1. The average molecular weight is 614 g/mol. The van der Waals surface area contributed by atoms with E-state index in [0.29, 0.717) is 18.4 Å². The Morgan fingerprint density at radius 3 is 2.05 bits per heavy atom. The molecule has 8 N–H and O–H groups in total. The molecule has 5 rings (SSSR count). The highest BCUT2D eigenvalue weighted by Crippen LogP contribution is 2.47. The van der Waals surface area contributed by atoms with Crippen molar-refractivity contribution in [3.63, 3.8) is 0 Å². The molecule has 43 heavy (non-hydrogen) atoms. The number of carboxylic acids is 2. The third-order valence-electron chi connectivity index (χ3n) is 9.02. The fourth-order valence-corrected chi connectivity index (χ4v) is 6.67. The van der Waals surface area contributed by atoms with Crippen molar-refractivity contribution in [2.45, 2.75) is 93.3 Å². The number of rotatable bonds is 8. The number of fused-ring (bicyclic) bond motifs is 2. The van der Waals surface area contributed by atoms with Gasteiger partial charge in [0, 0.05) is 11.6 Å². The van der Waals surface area contributed by atoms with Crippen LogP contribution in [-0.2, 0) is 31.9 Å². The van der Waals surface area contributed by atoms with E-state index in [2.05, 4.69) is 11.8 Å². The van der Waals surface area contributed by atoms with Gasteiger partial charge in [-0.05, 0) is 62.7 Å². The van der Waals surface area contributed by atoms with Crippen LogP contribution in [0.1, 0.15) is 37.3 Å². The molecule has 15 heteroatoms. The first kappa shape index (κ1) is 31.8. The molecule has 10 atom stereocenters. The number of aliphatic hydroxyl groups is 6. The largest absolute Gasteiger partial charge is 0.476 e. The summed E-state index contributed by atoms with van der Waals surface area (Å²) in [4.78, 5) is 27.4. The highest BCUT2D eigenvalue weighted by atomic mass is 16.8. The van der Waals surface area contributed by atoms with Crippen molar-refractivity contribution in [2.75, 3.05) is 26.3 Å². The molecule has 3 heterocycles. The Morgan fingerprint density at radius 2 is 1.49 bits per heavy atom. The van der Waals surface area contributed by atoms with Crippen molar-refractivity contribution in [3.8, 4) is 11.5 Å². The van der Waals surface area contributed by atoms with Crippen LogP contribution in [0.2, 0.25) is 0 Å². The second kappa shape index (κ2) is 12.1. The van der Waals surface area contributed by atoms with Crippen LogP contribution in [0.3, 0.4) is 0 Å². The topological polar surface area (TPSA) is 236 Å². The third kappa shape index (κ3) is 5.36. The van der Waals surface area contributed by atoms with E-state index in [1.54, 1.807) is 6.07 Å². The number of aliphatic hydroxyl groups excluding tert-OH is 6. The number of ether oxygens (including phenoxy) is 4. The highest BCUT2D eigenvalue weighted by molar-refractivity contribution is 5.79. The van der Waals surface area contributed by atoms with E-state index in [4.69, 9.17) is 18.9 Å². The van der Waals surface area contributed by atoms with Gasteiger partial charge in [-0.15, -0.1) is 0 Å². The lowest BCUT2D eigenvalue weighted by Crippen LogP contribution is -2.68. The van der Waals surface area contributed by atoms with Gasteiger partial charge in [-0.2, -0.15) is 0 Å². The number of carboxylic acid groups (broad SMARTS) is 2. The molecule has 1 aromatic carbocycles. The van der Waals surface area contributed by atoms with Gasteiger partial charge in [-0.1, -0.05) is 13.0 Å². The van der Waals surface area contributed by atoms with Gasteiger partial charge in [0.25, 0.3) is 0 Å². The maximum Gasteiger partial charge on any atom is 0.380 e. The molecular weight excluding hydrogens is 574 g/mol. The molecule has 15 nitrogen and oxygen atoms in total. The molecular formula is C28H39NO14. The quantitative estimate of drug-likeness (QED) is 0.156. The lowest BCUT2D eigenvalue weighted by Gasteiger charge is -2.46. The minimum Gasteiger partial charge on any atom is -0.476 e. The van der Waals surface area contributed by atoms with Crippen LogP contribution < -0.4 is 9.47 Å². The third-order valence-corrected chi connectivity index (χ3v) is 9.02. The Balaban J connectivity index is 1.63. The molecule has 1 aliphatic carbocycles. The van der Waals surface area contributed by atoms with Crippen LogP contribution in [0.25, 0.3) is 0 Å². The summed E-state index contributed by atoms with van der Waals surface area (Å²) in [6.07, 6.45) is -8.10. The first-order valence-electron chi connectivity index (χ1n) is 14.5. The van der Waals surface area contributed by atoms with Crippen LogP contribution in [0.4, 0.5) is 0 Å². The molecule has 0 aromatic heterocycles. The van der Waals surface area contributed by atoms with Crippen molar-refractivity contribution in [1.29, 1.82) is 0 Å². The number of nitrogens with zero attached hydrogens (tertiary/aromatic N) is 1. The van der Waals surface area contributed by atoms with Crippen molar-refractivity contribution >= 4 is 11.9 Å². The Bertz CT molecular complexity index is 1210. The molecule has 0 saturated carbocycles. The van der Waals surface area contributed by atoms with E-state index < -0.39 is 79.1 Å². The molecule has 0 bridgehead atoms. The molecule has 3 fully saturated rings. The lowest BCUT2D eigenvalue weighted by molar-refractivity contribution is -0.306. The molecule has 0 amide bonds. The number of likely N-dealkylation sites (tertiary alicyclic amines) is 1. The Morgan fingerprint density at radius 1 is 0.907 bits per heavy atom. The summed E-state index contributed by atoms with van der Waals surface area (Å²) < 4.78 is 22.3. The zero-order valence-corrected chi connectivity index (χ0v) is 23.6. The predicted molar refractivity (Wildman–Crippen MR) is 142 cm³/mol. The molecule has 8 unspecified atom stereocenters. The van der Waals surface area contributed by atoms with Gasteiger partial charge >= 0.3 is 23.5 Å². The van der Waals surface area contributed by atoms with Crippen molar-refractivity contribution in [3.05, 3.63) is 23.3 Å². The smallest absolute Gasteiger partial charge is 0.380 e. The summed E-state index contributed by atoms with van der Waals surface area (Å²) in [6, 6.07) is 3.15. The van der Waals surface area contributed by atoms with Gasteiger partial charge < -0.3 is 59.8 Å². The Hall–Kier alpha value is -2.60. The van der Waals surface area contributed by atoms with Crippen LogP contribution in [0.15, 0.2) is 12.1 Å². The van der Waals surface area contributed by atoms with Crippen molar-refractivity contribution in [1.82, 2.24) is 4.90 Å². The number of aliphatic carboxylic acids is 2. The van der Waals surface area contributed by atoms with E-state index in [1.165, 1.54) is 6.07 Å². The lowest BCUT2D eigenvalue weighted by atomic mass is 9.74. The maximum absolute atomic E-state index is 12.6. The summed E-state index contributed by atoms with van der Waals surface area (Å²) in [6.45, 7) is 2.50. The number of hydrogen-bond donors (Lipinski definition) is 8. The minimum absolute atomic E-state index is 0.109. The molecule has 4 aliphatic rings. The van der Waals surface area contributed by atoms with Gasteiger partial charge in [0.15, 0.2) is 23.7 Å². The van der Waals surface area contributed by atoms with E-state index in [0.717, 1.165) is 37.9 Å². The van der Waals surface area contributed by atoms with E-state index in [-0.39, 0.29) is 17.7 Å². The van der Waals surface area contributed by atoms with E-state index in [1.807, 2.05) is 0 Å². The van der Waals surface area contributed by atoms with Crippen LogP contribution in [0, 0.1) is 5.92 Å². The van der Waals surface area contributed by atoms with E-state index in [9.17, 15) is 50.4 Å². The molecule has 1 aromatic rings. The summed E-state index contributed by atoms with van der Waals surface area (Å²) in [5, 5.41) is 82.4. The van der Waals surface area contributed by atoms with Crippen LogP contribution in [-0.4, -0.2) is 138 Å². The Kier molecular flexibility index (Phi) is 8.92. The van der Waals surface area contributed by atoms with Gasteiger partial charge in [-0.25, -0.2) is 9.59 Å². The SMILES string of the molecule is CCCN1CCC[C@@H]2Cc3c(ccc(OC4(C(=O)O)OCC(O)C(O)C4O)c3OC3(C(=O)O)OCC(O)C(O)C3O)C[C@H]21. The maximum atomic E-state index is 12.6. The Labute approximate surface area is 246 Å². The fraction of sp³-hybridized carbons (Fsp3) is 0.714. The summed E-state index contributed by atoms with van der Waals surface area (Å²) in [7, 11) is 0. The zero-order chi connectivity index (χ0) is 31.3. The second-order valence-electron chi connectivity index (χ2n) is 11.7. The molecule has 0 spiro atoms. The molecule has 240 valence electrons. The second-order valence-corrected chi connectivity index (χ2v) is 11.7. The first-order chi connectivity index (χ1) is 20.4. The number of carbonyl (C=O) groups is 2. The van der Waals surface area contributed by atoms with Crippen molar-refractivity contribution < 1.29 is 69.4 Å². The fourth-order valence-electron chi connectivity index (χ4n) is 6.67. The van der Waals surface area contributed by atoms with Gasteiger partial charge in [0.05, 0.1) is 13.2 Å². The normalized spacial score (nSPS) is 39.8. The van der Waals surface area contributed by atoms with Gasteiger partial charge in [-0.3, -0.25) is 4.90 Å². The molecule has 3 aliphatic heterocycles. The molecule has 0 radical (unpaired) electrons. The minimum atomic E-state index is -2.94. The van der Waals surface area contributed by atoms with E-state index >= 15 is 0 Å². The van der Waals surface area contributed by atoms with Gasteiger partial charge in [0.2, 0.25) is 0 Å². The standard InChI is InChI=1S/C28H39NO14/c1-2-7-29-8-3-4-14-9-15-13(10-16(14)29)5-6-19(42-27(25(36)37)23(34)20(32)17(30)11-40-27)22(15)43-28(26(38)39)24(35)21(33)18(31)12-41-28/h5-6,14,16-18,20-21,23-24,30-35H,2-4,7-12H2,1H3,(H,36,37)(H,38,39)/t14-,16-,17?,18?,20?,21?,23?,24?,27?,28?/m1/s1. The van der Waals surface area contributed by atoms with Crippen LogP contribution in [0.5, 0.6) is 11.5 Å². The highest BCUT2D eigenvalue weighted by Gasteiger charge is 2.61. The number of hydrogen-bond acceptors (Lipinski definition) is 13. The average Bonchev–Trinajstić information content (AvgIpc) is 2.98. The first-order valence-corrected chi connectivity index (χ1v) is 14.5. The zero-order valence-electron chi connectivity index (χ0n) is 23.6. The summed E-state index contributed by atoms with van der Waals surface area (Å²) in [5.74, 6) is -10.2. The summed E-state index contributed by atoms with van der Waals surface area (Å²) in [5.41, 5.74) is 1.18. The summed E-state index contributed by atoms with van der Waals surface area (Å²) >= 11 is 0. The predicted octanol–water partition coefficient (Wildman–Crippen LogP) is -2.18. The monoisotopic (exact) mass is 613 g/mol. The molecule has 3 saturated heterocycles.